The number of guanidine groups is 1. The number of benzene rings is 1. The lowest BCUT2D eigenvalue weighted by Crippen LogP contribution is -2.39. The minimum atomic E-state index is -4.68. The van der Waals surface area contributed by atoms with Crippen LogP contribution in [0.2, 0.25) is 0 Å². The first-order valence-electron chi connectivity index (χ1n) is 7.26. The van der Waals surface area contributed by atoms with Crippen molar-refractivity contribution in [3.63, 3.8) is 0 Å². The predicted molar refractivity (Wildman–Crippen MR) is 99.6 cm³/mol. The van der Waals surface area contributed by atoms with Crippen LogP contribution in [0.15, 0.2) is 29.3 Å². The third kappa shape index (κ3) is 9.81. The molecule has 0 spiro atoms. The minimum Gasteiger partial charge on any atom is -0.406 e. The van der Waals surface area contributed by atoms with Crippen molar-refractivity contribution in [3.05, 3.63) is 29.8 Å². The maximum absolute atomic E-state index is 12.0. The van der Waals surface area contributed by atoms with Gasteiger partial charge in [-0.15, -0.1) is 37.1 Å². The van der Waals surface area contributed by atoms with Crippen LogP contribution in [0.1, 0.15) is 19.4 Å². The Hall–Kier alpha value is -1.23. The largest absolute Gasteiger partial charge is 0.573 e. The number of ether oxygens (including phenoxy) is 1. The lowest BCUT2D eigenvalue weighted by Gasteiger charge is -2.20. The average molecular weight is 460 g/mol. The Morgan fingerprint density at radius 2 is 1.88 bits per heavy atom. The molecule has 1 rings (SSSR count). The summed E-state index contributed by atoms with van der Waals surface area (Å²) >= 11 is 0. The van der Waals surface area contributed by atoms with Crippen molar-refractivity contribution in [3.8, 4) is 5.75 Å². The molecule has 3 N–H and O–H groups in total. The van der Waals surface area contributed by atoms with E-state index >= 15 is 0 Å². The number of hydrogen-bond acceptors (Lipinski definition) is 3. The summed E-state index contributed by atoms with van der Waals surface area (Å²) in [6, 6.07) is 5.99. The van der Waals surface area contributed by atoms with Crippen LogP contribution in [0.25, 0.3) is 0 Å². The van der Waals surface area contributed by atoms with Gasteiger partial charge >= 0.3 is 6.36 Å². The van der Waals surface area contributed by atoms with Gasteiger partial charge in [0.05, 0.1) is 6.54 Å². The molecule has 0 radical (unpaired) electrons. The van der Waals surface area contributed by atoms with E-state index < -0.39 is 6.36 Å². The van der Waals surface area contributed by atoms with Gasteiger partial charge in [-0.2, -0.15) is 0 Å². The zero-order valence-electron chi connectivity index (χ0n) is 13.9. The molecule has 0 aliphatic carbocycles. The molecule has 0 fully saturated rings. The Labute approximate surface area is 157 Å². The normalized spacial score (nSPS) is 12.2. The fraction of sp³-hybridized carbons (Fsp3) is 0.533. The molecule has 0 saturated heterocycles. The molecule has 0 amide bonds. The summed E-state index contributed by atoms with van der Waals surface area (Å²) in [7, 11) is 2.02. The van der Waals surface area contributed by atoms with Crippen LogP contribution in [0.4, 0.5) is 13.2 Å². The molecule has 0 aliphatic heterocycles. The van der Waals surface area contributed by atoms with Crippen LogP contribution in [-0.2, 0) is 6.54 Å². The second-order valence-electron chi connectivity index (χ2n) is 5.39. The average Bonchev–Trinajstić information content (AvgIpc) is 2.44. The molecule has 0 atom stereocenters. The number of halogens is 4. The van der Waals surface area contributed by atoms with E-state index in [1.54, 1.807) is 0 Å². The summed E-state index contributed by atoms with van der Waals surface area (Å²) in [5.41, 5.74) is 6.48. The summed E-state index contributed by atoms with van der Waals surface area (Å²) < 4.78 is 39.9. The van der Waals surface area contributed by atoms with Crippen LogP contribution in [0.3, 0.4) is 0 Å². The summed E-state index contributed by atoms with van der Waals surface area (Å²) in [5.74, 6) is 0.0471. The molecular weight excluding hydrogens is 436 g/mol. The van der Waals surface area contributed by atoms with E-state index in [2.05, 4.69) is 33.8 Å². The van der Waals surface area contributed by atoms with Crippen molar-refractivity contribution in [2.24, 2.45) is 10.7 Å². The Balaban J connectivity index is 0.00000529. The zero-order chi connectivity index (χ0) is 17.5. The number of hydrogen-bond donors (Lipinski definition) is 2. The highest BCUT2D eigenvalue weighted by atomic mass is 127. The second-order valence-corrected chi connectivity index (χ2v) is 5.39. The van der Waals surface area contributed by atoms with Gasteiger partial charge in [0, 0.05) is 19.1 Å². The highest BCUT2D eigenvalue weighted by Crippen LogP contribution is 2.22. The Morgan fingerprint density at radius 3 is 2.38 bits per heavy atom. The van der Waals surface area contributed by atoms with Gasteiger partial charge in [0.1, 0.15) is 5.75 Å². The SMILES string of the molecule is CC(C)N(C)CCNC(N)=NCc1ccc(OC(F)(F)F)cc1.I. The highest BCUT2D eigenvalue weighted by molar-refractivity contribution is 14.0. The summed E-state index contributed by atoms with van der Waals surface area (Å²) in [4.78, 5) is 6.31. The second kappa shape index (κ2) is 10.6. The van der Waals surface area contributed by atoms with Crippen molar-refractivity contribution >= 4 is 29.9 Å². The monoisotopic (exact) mass is 460 g/mol. The number of rotatable bonds is 7. The van der Waals surface area contributed by atoms with E-state index in [0.29, 0.717) is 18.5 Å². The van der Waals surface area contributed by atoms with Gasteiger partial charge in [0.15, 0.2) is 5.96 Å². The standard InChI is InChI=1S/C15H23F3N4O.HI/c1-11(2)22(3)9-8-20-14(19)21-10-12-4-6-13(7-5-12)23-15(16,17)18;/h4-7,11H,8-10H2,1-3H3,(H3,19,20,21);1H. The molecule has 0 saturated carbocycles. The number of nitrogens with two attached hydrogens (primary N) is 1. The first kappa shape index (κ1) is 22.8. The maximum atomic E-state index is 12.0. The fourth-order valence-corrected chi connectivity index (χ4v) is 1.65. The van der Waals surface area contributed by atoms with Crippen molar-refractivity contribution < 1.29 is 17.9 Å². The molecule has 0 bridgehead atoms. The van der Waals surface area contributed by atoms with Crippen LogP contribution in [0.5, 0.6) is 5.75 Å². The lowest BCUT2D eigenvalue weighted by molar-refractivity contribution is -0.274. The van der Waals surface area contributed by atoms with Gasteiger partial charge in [-0.25, -0.2) is 4.99 Å². The van der Waals surface area contributed by atoms with Gasteiger partial charge in [0.25, 0.3) is 0 Å². The Morgan fingerprint density at radius 1 is 1.29 bits per heavy atom. The number of alkyl halides is 3. The minimum absolute atomic E-state index is 0. The molecule has 138 valence electrons. The zero-order valence-corrected chi connectivity index (χ0v) is 16.3. The van der Waals surface area contributed by atoms with Crippen molar-refractivity contribution in [1.29, 1.82) is 0 Å². The summed E-state index contributed by atoms with van der Waals surface area (Å²) in [6.07, 6.45) is -4.68. The molecule has 9 heteroatoms. The third-order valence-electron chi connectivity index (χ3n) is 3.24. The molecule has 0 heterocycles. The maximum Gasteiger partial charge on any atom is 0.573 e. The van der Waals surface area contributed by atoms with Crippen molar-refractivity contribution in [2.75, 3.05) is 20.1 Å². The molecule has 0 unspecified atom stereocenters. The van der Waals surface area contributed by atoms with Gasteiger partial charge in [-0.3, -0.25) is 0 Å². The number of nitrogens with one attached hydrogen (secondary N) is 1. The summed E-state index contributed by atoms with van der Waals surface area (Å²) in [6.45, 7) is 5.98. The molecule has 0 aromatic heterocycles. The summed E-state index contributed by atoms with van der Waals surface area (Å²) in [5, 5.41) is 2.99. The van der Waals surface area contributed by atoms with Crippen molar-refractivity contribution in [2.45, 2.75) is 32.8 Å². The third-order valence-corrected chi connectivity index (χ3v) is 3.24. The lowest BCUT2D eigenvalue weighted by atomic mass is 10.2. The number of aliphatic imine (C=N–C) groups is 1. The molecule has 24 heavy (non-hydrogen) atoms. The Bertz CT molecular complexity index is 506. The van der Waals surface area contributed by atoms with Crippen LogP contribution >= 0.6 is 24.0 Å². The van der Waals surface area contributed by atoms with E-state index in [9.17, 15) is 13.2 Å². The van der Waals surface area contributed by atoms with E-state index in [1.807, 2.05) is 7.05 Å². The number of likely N-dealkylation sites (N-methyl/N-ethyl adjacent to an activating group) is 1. The quantitative estimate of drug-likeness (QED) is 0.373. The fourth-order valence-electron chi connectivity index (χ4n) is 1.65. The molecular formula is C15H24F3IN4O. The van der Waals surface area contributed by atoms with Crippen LogP contribution in [-0.4, -0.2) is 43.4 Å². The predicted octanol–water partition coefficient (Wildman–Crippen LogP) is 2.95. The van der Waals surface area contributed by atoms with Gasteiger partial charge in [-0.05, 0) is 38.6 Å². The van der Waals surface area contributed by atoms with E-state index in [1.165, 1.54) is 24.3 Å². The molecule has 1 aromatic carbocycles. The molecule has 1 aromatic rings. The first-order valence-corrected chi connectivity index (χ1v) is 7.26. The smallest absolute Gasteiger partial charge is 0.406 e. The first-order chi connectivity index (χ1) is 10.7. The highest BCUT2D eigenvalue weighted by Gasteiger charge is 2.30. The van der Waals surface area contributed by atoms with E-state index in [4.69, 9.17) is 5.73 Å². The van der Waals surface area contributed by atoms with Crippen LogP contribution < -0.4 is 15.8 Å². The van der Waals surface area contributed by atoms with E-state index in [-0.39, 0.29) is 36.3 Å². The van der Waals surface area contributed by atoms with Gasteiger partial charge < -0.3 is 20.7 Å². The van der Waals surface area contributed by atoms with Gasteiger partial charge in [-0.1, -0.05) is 12.1 Å². The van der Waals surface area contributed by atoms with Gasteiger partial charge in [0.2, 0.25) is 0 Å². The van der Waals surface area contributed by atoms with E-state index in [0.717, 1.165) is 12.1 Å². The topological polar surface area (TPSA) is 62.9 Å². The van der Waals surface area contributed by atoms with Crippen molar-refractivity contribution in [1.82, 2.24) is 10.2 Å². The molecule has 5 nitrogen and oxygen atoms in total. The molecule has 0 aliphatic rings. The Kier molecular flexibility index (Phi) is 10.1. The number of nitrogens with zero attached hydrogens (tertiary/aromatic N) is 2. The van der Waals surface area contributed by atoms with Crippen LogP contribution in [0, 0.1) is 0 Å².